The molecule has 2 heteroatoms. The largest absolute Gasteiger partial charge is 0.329 e. The molecular formula is C18H36N2. The van der Waals surface area contributed by atoms with E-state index in [0.29, 0.717) is 11.0 Å². The summed E-state index contributed by atoms with van der Waals surface area (Å²) < 4.78 is 0. The summed E-state index contributed by atoms with van der Waals surface area (Å²) in [5.74, 6) is 0.863. The monoisotopic (exact) mass is 280 g/mol. The molecule has 2 unspecified atom stereocenters. The molecule has 2 aliphatic rings. The minimum atomic E-state index is 0.278. The van der Waals surface area contributed by atoms with E-state index in [4.69, 9.17) is 5.73 Å². The molecule has 118 valence electrons. The third-order valence-electron chi connectivity index (χ3n) is 6.23. The second kappa shape index (κ2) is 5.61. The van der Waals surface area contributed by atoms with Crippen LogP contribution in [0.2, 0.25) is 0 Å². The average Bonchev–Trinajstić information content (AvgIpc) is 2.60. The summed E-state index contributed by atoms with van der Waals surface area (Å²) >= 11 is 0. The minimum Gasteiger partial charge on any atom is -0.329 e. The molecule has 0 radical (unpaired) electrons. The van der Waals surface area contributed by atoms with Crippen LogP contribution in [0.1, 0.15) is 79.6 Å². The zero-order valence-corrected chi connectivity index (χ0v) is 14.5. The van der Waals surface area contributed by atoms with Gasteiger partial charge in [0.05, 0.1) is 0 Å². The van der Waals surface area contributed by atoms with Gasteiger partial charge in [-0.15, -0.1) is 0 Å². The van der Waals surface area contributed by atoms with E-state index in [1.54, 1.807) is 0 Å². The second-order valence-electron chi connectivity index (χ2n) is 8.99. The van der Waals surface area contributed by atoms with Gasteiger partial charge < -0.3 is 5.73 Å². The first-order chi connectivity index (χ1) is 9.21. The molecule has 0 aromatic heterocycles. The predicted molar refractivity (Wildman–Crippen MR) is 87.8 cm³/mol. The number of hydrogen-bond donors (Lipinski definition) is 1. The van der Waals surface area contributed by atoms with Crippen LogP contribution in [-0.4, -0.2) is 29.1 Å². The molecule has 0 spiro atoms. The fourth-order valence-corrected chi connectivity index (χ4v) is 4.83. The first-order valence-corrected chi connectivity index (χ1v) is 8.69. The Bertz CT molecular complexity index is 329. The van der Waals surface area contributed by atoms with Gasteiger partial charge in [-0.05, 0) is 70.3 Å². The highest BCUT2D eigenvalue weighted by molar-refractivity contribution is 5.03. The van der Waals surface area contributed by atoms with Gasteiger partial charge in [0.1, 0.15) is 0 Å². The van der Waals surface area contributed by atoms with Crippen molar-refractivity contribution in [2.24, 2.45) is 17.1 Å². The lowest BCUT2D eigenvalue weighted by atomic mass is 9.76. The number of hydrogen-bond acceptors (Lipinski definition) is 2. The molecule has 2 fully saturated rings. The van der Waals surface area contributed by atoms with Crippen molar-refractivity contribution in [2.75, 3.05) is 13.1 Å². The van der Waals surface area contributed by atoms with Gasteiger partial charge in [0.25, 0.3) is 0 Å². The van der Waals surface area contributed by atoms with E-state index in [2.05, 4.69) is 39.5 Å². The fourth-order valence-electron chi connectivity index (χ4n) is 4.83. The summed E-state index contributed by atoms with van der Waals surface area (Å²) in [4.78, 5) is 2.78. The lowest BCUT2D eigenvalue weighted by molar-refractivity contribution is 0.0213. The van der Waals surface area contributed by atoms with E-state index in [1.165, 1.54) is 51.5 Å². The van der Waals surface area contributed by atoms with Crippen molar-refractivity contribution < 1.29 is 0 Å². The van der Waals surface area contributed by atoms with E-state index >= 15 is 0 Å². The second-order valence-corrected chi connectivity index (χ2v) is 8.99. The number of nitrogens with zero attached hydrogens (tertiary/aromatic N) is 1. The predicted octanol–water partition coefficient (Wildman–Crippen LogP) is 4.18. The minimum absolute atomic E-state index is 0.278. The molecule has 1 saturated carbocycles. The summed E-state index contributed by atoms with van der Waals surface area (Å²) in [7, 11) is 0. The zero-order chi connectivity index (χ0) is 15.0. The van der Waals surface area contributed by atoms with Gasteiger partial charge in [-0.1, -0.05) is 27.2 Å². The summed E-state index contributed by atoms with van der Waals surface area (Å²) in [6.07, 6.45) is 9.38. The molecule has 0 aromatic rings. The van der Waals surface area contributed by atoms with Crippen LogP contribution in [0, 0.1) is 11.3 Å². The Labute approximate surface area is 126 Å². The lowest BCUT2D eigenvalue weighted by Gasteiger charge is -2.48. The third kappa shape index (κ3) is 3.06. The molecule has 20 heavy (non-hydrogen) atoms. The molecule has 1 saturated heterocycles. The van der Waals surface area contributed by atoms with Gasteiger partial charge in [-0.25, -0.2) is 0 Å². The molecule has 2 nitrogen and oxygen atoms in total. The quantitative estimate of drug-likeness (QED) is 0.769. The van der Waals surface area contributed by atoms with Crippen LogP contribution in [0.5, 0.6) is 0 Å². The van der Waals surface area contributed by atoms with Crippen molar-refractivity contribution in [3.8, 4) is 0 Å². The van der Waals surface area contributed by atoms with Gasteiger partial charge in [0.2, 0.25) is 0 Å². The number of rotatable bonds is 2. The van der Waals surface area contributed by atoms with Gasteiger partial charge in [-0.3, -0.25) is 4.90 Å². The van der Waals surface area contributed by atoms with E-state index in [-0.39, 0.29) is 5.54 Å². The van der Waals surface area contributed by atoms with Crippen molar-refractivity contribution in [2.45, 2.75) is 90.6 Å². The molecule has 2 rings (SSSR count). The van der Waals surface area contributed by atoms with Gasteiger partial charge in [-0.2, -0.15) is 0 Å². The Balaban J connectivity index is 2.16. The molecule has 2 atom stereocenters. The van der Waals surface area contributed by atoms with Crippen LogP contribution < -0.4 is 5.73 Å². The Morgan fingerprint density at radius 1 is 1.05 bits per heavy atom. The SMILES string of the molecule is CC(C)(C)C1CCCC(CN)(N2CCCC2(C)C)CC1. The van der Waals surface area contributed by atoms with Gasteiger partial charge in [0.15, 0.2) is 0 Å². The van der Waals surface area contributed by atoms with E-state index in [1.807, 2.05) is 0 Å². The van der Waals surface area contributed by atoms with Crippen molar-refractivity contribution in [3.63, 3.8) is 0 Å². The van der Waals surface area contributed by atoms with Crippen LogP contribution in [0.15, 0.2) is 0 Å². The Hall–Kier alpha value is -0.0800. The van der Waals surface area contributed by atoms with Crippen molar-refractivity contribution in [3.05, 3.63) is 0 Å². The van der Waals surface area contributed by atoms with E-state index < -0.39 is 0 Å². The Morgan fingerprint density at radius 2 is 1.75 bits per heavy atom. The van der Waals surface area contributed by atoms with Crippen LogP contribution in [0.3, 0.4) is 0 Å². The zero-order valence-electron chi connectivity index (χ0n) is 14.5. The van der Waals surface area contributed by atoms with Gasteiger partial charge >= 0.3 is 0 Å². The highest BCUT2D eigenvalue weighted by Gasteiger charge is 2.46. The molecule has 0 bridgehead atoms. The number of nitrogens with two attached hydrogens (primary N) is 1. The fraction of sp³-hybridized carbons (Fsp3) is 1.00. The van der Waals surface area contributed by atoms with E-state index in [0.717, 1.165) is 12.5 Å². The van der Waals surface area contributed by atoms with Crippen molar-refractivity contribution >= 4 is 0 Å². The van der Waals surface area contributed by atoms with E-state index in [9.17, 15) is 0 Å². The Kier molecular flexibility index (Phi) is 4.57. The first kappa shape index (κ1) is 16.3. The maximum absolute atomic E-state index is 6.32. The maximum Gasteiger partial charge on any atom is 0.0337 e. The summed E-state index contributed by atoms with van der Waals surface area (Å²) in [6, 6.07) is 0. The molecule has 0 aromatic carbocycles. The molecule has 1 aliphatic carbocycles. The lowest BCUT2D eigenvalue weighted by Crippen LogP contribution is -2.58. The van der Waals surface area contributed by atoms with Crippen LogP contribution in [0.4, 0.5) is 0 Å². The molecule has 0 amide bonds. The molecule has 2 N–H and O–H groups in total. The summed E-state index contributed by atoms with van der Waals surface area (Å²) in [5, 5.41) is 0. The molecule has 1 aliphatic heterocycles. The number of likely N-dealkylation sites (tertiary alicyclic amines) is 1. The molecular weight excluding hydrogens is 244 g/mol. The van der Waals surface area contributed by atoms with Gasteiger partial charge in [0, 0.05) is 17.6 Å². The summed E-state index contributed by atoms with van der Waals surface area (Å²) in [6.45, 7) is 14.2. The van der Waals surface area contributed by atoms with Crippen LogP contribution in [-0.2, 0) is 0 Å². The Morgan fingerprint density at radius 3 is 2.25 bits per heavy atom. The highest BCUT2D eigenvalue weighted by Crippen LogP contribution is 2.45. The smallest absolute Gasteiger partial charge is 0.0337 e. The topological polar surface area (TPSA) is 29.3 Å². The standard InChI is InChI=1S/C18H36N2/c1-16(2,3)15-8-6-11-18(14-19,12-9-15)20-13-7-10-17(20,4)5/h15H,6-14,19H2,1-5H3. The average molecular weight is 280 g/mol. The third-order valence-corrected chi connectivity index (χ3v) is 6.23. The molecule has 1 heterocycles. The summed E-state index contributed by atoms with van der Waals surface area (Å²) in [5.41, 5.74) is 7.40. The maximum atomic E-state index is 6.32. The highest BCUT2D eigenvalue weighted by atomic mass is 15.3. The van der Waals surface area contributed by atoms with Crippen molar-refractivity contribution in [1.29, 1.82) is 0 Å². The van der Waals surface area contributed by atoms with Crippen LogP contribution in [0.25, 0.3) is 0 Å². The van der Waals surface area contributed by atoms with Crippen molar-refractivity contribution in [1.82, 2.24) is 4.90 Å². The normalized spacial score (nSPS) is 36.0. The first-order valence-electron chi connectivity index (χ1n) is 8.69. The van der Waals surface area contributed by atoms with Crippen LogP contribution >= 0.6 is 0 Å².